The second-order valence-electron chi connectivity index (χ2n) is 4.58. The van der Waals surface area contributed by atoms with Gasteiger partial charge in [-0.2, -0.15) is 0 Å². The van der Waals surface area contributed by atoms with Gasteiger partial charge in [0, 0.05) is 16.2 Å². The molecule has 130 valence electrons. The van der Waals surface area contributed by atoms with Crippen LogP contribution < -0.4 is 10.9 Å². The van der Waals surface area contributed by atoms with Gasteiger partial charge in [0.05, 0.1) is 10.6 Å². The normalized spacial score (nSPS) is 10.0. The average molecular weight is 447 g/mol. The lowest BCUT2D eigenvalue weighted by molar-refractivity contribution is -0.125. The number of rotatable bonds is 4. The highest BCUT2D eigenvalue weighted by atomic mass is 79.9. The largest absolute Gasteiger partial charge is 0.452 e. The summed E-state index contributed by atoms with van der Waals surface area (Å²) in [6.45, 7) is -0.598. The number of ether oxygens (including phenoxy) is 1. The van der Waals surface area contributed by atoms with Crippen molar-refractivity contribution in [3.8, 4) is 0 Å². The van der Waals surface area contributed by atoms with Gasteiger partial charge in [0.15, 0.2) is 6.61 Å². The number of hydrazine groups is 1. The first-order valence-electron chi connectivity index (χ1n) is 6.69. The number of benzene rings is 1. The van der Waals surface area contributed by atoms with Crippen LogP contribution in [0.1, 0.15) is 20.7 Å². The van der Waals surface area contributed by atoms with E-state index in [9.17, 15) is 14.4 Å². The summed E-state index contributed by atoms with van der Waals surface area (Å²) >= 11 is 14.6. The highest BCUT2D eigenvalue weighted by Crippen LogP contribution is 2.20. The maximum atomic E-state index is 11.8. The van der Waals surface area contributed by atoms with Gasteiger partial charge in [-0.15, -0.1) is 0 Å². The lowest BCUT2D eigenvalue weighted by Crippen LogP contribution is -2.43. The number of hydrogen-bond acceptors (Lipinski definition) is 5. The van der Waals surface area contributed by atoms with E-state index in [4.69, 9.17) is 27.9 Å². The molecule has 1 heterocycles. The number of esters is 1. The van der Waals surface area contributed by atoms with E-state index in [0.29, 0.717) is 5.56 Å². The number of amides is 2. The van der Waals surface area contributed by atoms with Gasteiger partial charge in [-0.3, -0.25) is 20.4 Å². The first kappa shape index (κ1) is 19.2. The Morgan fingerprint density at radius 2 is 1.76 bits per heavy atom. The van der Waals surface area contributed by atoms with E-state index in [1.807, 2.05) is 0 Å². The molecule has 2 rings (SSSR count). The predicted molar refractivity (Wildman–Crippen MR) is 94.3 cm³/mol. The fourth-order valence-electron chi connectivity index (χ4n) is 1.58. The fraction of sp³-hybridized carbons (Fsp3) is 0.0667. The molecule has 0 fully saturated rings. The molecule has 0 atom stereocenters. The molecule has 0 saturated carbocycles. The Morgan fingerprint density at radius 1 is 1.08 bits per heavy atom. The number of carbonyl (C=O) groups is 3. The van der Waals surface area contributed by atoms with Crippen LogP contribution in [0, 0.1) is 0 Å². The van der Waals surface area contributed by atoms with Crippen LogP contribution in [0.5, 0.6) is 0 Å². The number of hydrogen-bond donors (Lipinski definition) is 2. The van der Waals surface area contributed by atoms with Crippen molar-refractivity contribution in [3.05, 3.63) is 62.3 Å². The first-order valence-corrected chi connectivity index (χ1v) is 8.24. The zero-order valence-corrected chi connectivity index (χ0v) is 15.5. The molecule has 2 aromatic rings. The van der Waals surface area contributed by atoms with Crippen molar-refractivity contribution in [2.24, 2.45) is 0 Å². The van der Waals surface area contributed by atoms with Crippen molar-refractivity contribution in [1.29, 1.82) is 0 Å². The molecule has 0 unspecified atom stereocenters. The van der Waals surface area contributed by atoms with E-state index >= 15 is 0 Å². The third-order valence-electron chi connectivity index (χ3n) is 2.79. The summed E-state index contributed by atoms with van der Waals surface area (Å²) in [5, 5.41) is 0.133. The van der Waals surface area contributed by atoms with Gasteiger partial charge in [-0.1, -0.05) is 39.1 Å². The summed E-state index contributed by atoms with van der Waals surface area (Å²) in [5.74, 6) is -2.03. The molecule has 10 heteroatoms. The number of pyridine rings is 1. The van der Waals surface area contributed by atoms with Gasteiger partial charge in [0.25, 0.3) is 11.8 Å². The molecule has 0 aliphatic rings. The molecular weight excluding hydrogens is 437 g/mol. The Labute approximate surface area is 160 Å². The SMILES string of the molecule is O=C(COC(=O)c1cnc(Cl)c(Cl)c1)NNC(=O)c1ccc(Br)cc1. The molecule has 0 aliphatic heterocycles. The number of nitrogens with one attached hydrogen (secondary N) is 2. The van der Waals surface area contributed by atoms with Crippen molar-refractivity contribution >= 4 is 56.9 Å². The number of nitrogens with zero attached hydrogens (tertiary/aromatic N) is 1. The number of halogens is 3. The van der Waals surface area contributed by atoms with E-state index in [1.165, 1.54) is 12.3 Å². The minimum Gasteiger partial charge on any atom is -0.452 e. The average Bonchev–Trinajstić information content (AvgIpc) is 2.60. The minimum absolute atomic E-state index is 0.0427. The molecule has 7 nitrogen and oxygen atoms in total. The molecular formula is C15H10BrCl2N3O4. The predicted octanol–water partition coefficient (Wildman–Crippen LogP) is 2.77. The summed E-state index contributed by atoms with van der Waals surface area (Å²) in [6, 6.07) is 7.78. The summed E-state index contributed by atoms with van der Waals surface area (Å²) in [5.41, 5.74) is 4.73. The van der Waals surface area contributed by atoms with E-state index < -0.39 is 24.4 Å². The summed E-state index contributed by atoms with van der Waals surface area (Å²) in [6.07, 6.45) is 1.17. The molecule has 1 aromatic heterocycles. The zero-order valence-electron chi connectivity index (χ0n) is 12.4. The molecule has 0 spiro atoms. The third-order valence-corrected chi connectivity index (χ3v) is 4.00. The molecule has 2 amide bonds. The van der Waals surface area contributed by atoms with Crippen LogP contribution >= 0.6 is 39.1 Å². The van der Waals surface area contributed by atoms with Crippen LogP contribution in [-0.2, 0) is 9.53 Å². The highest BCUT2D eigenvalue weighted by molar-refractivity contribution is 9.10. The second kappa shape index (κ2) is 8.80. The van der Waals surface area contributed by atoms with Crippen LogP contribution in [0.3, 0.4) is 0 Å². The molecule has 0 bridgehead atoms. The van der Waals surface area contributed by atoms with Crippen molar-refractivity contribution in [3.63, 3.8) is 0 Å². The van der Waals surface area contributed by atoms with E-state index in [-0.39, 0.29) is 15.7 Å². The zero-order chi connectivity index (χ0) is 18.4. The van der Waals surface area contributed by atoms with Crippen molar-refractivity contribution in [2.45, 2.75) is 0 Å². The molecule has 2 N–H and O–H groups in total. The van der Waals surface area contributed by atoms with Crippen LogP contribution in [0.2, 0.25) is 10.2 Å². The maximum Gasteiger partial charge on any atom is 0.340 e. The molecule has 1 aromatic carbocycles. The number of aromatic nitrogens is 1. The lowest BCUT2D eigenvalue weighted by Gasteiger charge is -2.08. The molecule has 0 radical (unpaired) electrons. The van der Waals surface area contributed by atoms with E-state index in [1.54, 1.807) is 24.3 Å². The van der Waals surface area contributed by atoms with Gasteiger partial charge in [-0.25, -0.2) is 9.78 Å². The quantitative estimate of drug-likeness (QED) is 0.427. The van der Waals surface area contributed by atoms with Crippen molar-refractivity contribution < 1.29 is 19.1 Å². The van der Waals surface area contributed by atoms with Gasteiger partial charge in [0.2, 0.25) is 0 Å². The summed E-state index contributed by atoms with van der Waals surface area (Å²) < 4.78 is 5.60. The van der Waals surface area contributed by atoms with Crippen LogP contribution in [-0.4, -0.2) is 29.4 Å². The van der Waals surface area contributed by atoms with Crippen LogP contribution in [0.15, 0.2) is 41.0 Å². The van der Waals surface area contributed by atoms with E-state index in [2.05, 4.69) is 31.8 Å². The summed E-state index contributed by atoms with van der Waals surface area (Å²) in [7, 11) is 0. The molecule has 25 heavy (non-hydrogen) atoms. The Morgan fingerprint density at radius 3 is 2.40 bits per heavy atom. The van der Waals surface area contributed by atoms with Crippen LogP contribution in [0.25, 0.3) is 0 Å². The monoisotopic (exact) mass is 445 g/mol. The van der Waals surface area contributed by atoms with Gasteiger partial charge in [0.1, 0.15) is 5.15 Å². The highest BCUT2D eigenvalue weighted by Gasteiger charge is 2.13. The Kier molecular flexibility index (Phi) is 6.74. The smallest absolute Gasteiger partial charge is 0.340 e. The molecule has 0 saturated heterocycles. The minimum atomic E-state index is -0.805. The van der Waals surface area contributed by atoms with Crippen molar-refractivity contribution in [1.82, 2.24) is 15.8 Å². The Bertz CT molecular complexity index is 815. The fourth-order valence-corrected chi connectivity index (χ4v) is 2.12. The van der Waals surface area contributed by atoms with Gasteiger partial charge in [-0.05, 0) is 30.3 Å². The standard InChI is InChI=1S/C15H10BrCl2N3O4/c16-10-3-1-8(2-4-10)14(23)21-20-12(22)7-25-15(24)9-5-11(17)13(18)19-6-9/h1-6H,7H2,(H,20,22)(H,21,23). The first-order chi connectivity index (χ1) is 11.9. The van der Waals surface area contributed by atoms with Gasteiger partial charge >= 0.3 is 5.97 Å². The number of carbonyl (C=O) groups excluding carboxylic acids is 3. The topological polar surface area (TPSA) is 97.4 Å². The lowest BCUT2D eigenvalue weighted by atomic mass is 10.2. The van der Waals surface area contributed by atoms with Crippen molar-refractivity contribution in [2.75, 3.05) is 6.61 Å². The summed E-state index contributed by atoms with van der Waals surface area (Å²) in [4.78, 5) is 38.9. The van der Waals surface area contributed by atoms with Gasteiger partial charge < -0.3 is 4.74 Å². The van der Waals surface area contributed by atoms with Crippen LogP contribution in [0.4, 0.5) is 0 Å². The third kappa shape index (κ3) is 5.70. The maximum absolute atomic E-state index is 11.8. The second-order valence-corrected chi connectivity index (χ2v) is 6.26. The Balaban J connectivity index is 1.80. The van der Waals surface area contributed by atoms with E-state index in [0.717, 1.165) is 4.47 Å². The molecule has 0 aliphatic carbocycles. The Hall–Kier alpha value is -2.16.